The van der Waals surface area contributed by atoms with Gasteiger partial charge in [-0.2, -0.15) is 0 Å². The predicted octanol–water partition coefficient (Wildman–Crippen LogP) is 0.989. The van der Waals surface area contributed by atoms with Crippen LogP contribution in [-0.4, -0.2) is 26.2 Å². The van der Waals surface area contributed by atoms with Crippen molar-refractivity contribution >= 4 is 11.6 Å². The van der Waals surface area contributed by atoms with Crippen LogP contribution in [0.4, 0.5) is 5.69 Å². The van der Waals surface area contributed by atoms with Crippen LogP contribution in [0, 0.1) is 0 Å². The fraction of sp³-hybridized carbons (Fsp3) is 0.364. The Kier molecular flexibility index (Phi) is 4.13. The number of hydrogen-bond donors (Lipinski definition) is 2. The molecule has 16 heavy (non-hydrogen) atoms. The Morgan fingerprint density at radius 2 is 1.75 bits per heavy atom. The highest BCUT2D eigenvalue weighted by molar-refractivity contribution is 5.94. The summed E-state index contributed by atoms with van der Waals surface area (Å²) in [6.45, 7) is 1.62. The van der Waals surface area contributed by atoms with Gasteiger partial charge in [-0.25, -0.2) is 0 Å². The van der Waals surface area contributed by atoms with E-state index in [-0.39, 0.29) is 5.91 Å². The number of ether oxygens (including phenoxy) is 2. The molecule has 1 aromatic rings. The van der Waals surface area contributed by atoms with E-state index in [1.807, 2.05) is 0 Å². The Bertz CT molecular complexity index is 355. The molecule has 0 heterocycles. The van der Waals surface area contributed by atoms with E-state index >= 15 is 0 Å². The van der Waals surface area contributed by atoms with E-state index in [4.69, 9.17) is 15.2 Å². The number of nitrogens with one attached hydrogen (secondary N) is 1. The highest BCUT2D eigenvalue weighted by atomic mass is 16.5. The molecule has 0 aliphatic carbocycles. The van der Waals surface area contributed by atoms with Crippen molar-refractivity contribution in [2.24, 2.45) is 5.73 Å². The van der Waals surface area contributed by atoms with E-state index in [0.29, 0.717) is 17.2 Å². The molecule has 5 nitrogen and oxygen atoms in total. The maximum Gasteiger partial charge on any atom is 0.241 e. The summed E-state index contributed by atoms with van der Waals surface area (Å²) >= 11 is 0. The van der Waals surface area contributed by atoms with Gasteiger partial charge in [0.05, 0.1) is 20.3 Å². The third kappa shape index (κ3) is 3.13. The first-order chi connectivity index (χ1) is 7.56. The smallest absolute Gasteiger partial charge is 0.241 e. The molecule has 88 valence electrons. The quantitative estimate of drug-likeness (QED) is 0.799. The molecule has 5 heteroatoms. The Morgan fingerprint density at radius 1 is 1.25 bits per heavy atom. The summed E-state index contributed by atoms with van der Waals surface area (Å²) in [4.78, 5) is 11.4. The second-order valence-electron chi connectivity index (χ2n) is 3.38. The molecule has 0 radical (unpaired) electrons. The lowest BCUT2D eigenvalue weighted by Crippen LogP contribution is -2.32. The molecule has 1 atom stereocenters. The Hall–Kier alpha value is -1.75. The number of methoxy groups -OCH3 is 2. The predicted molar refractivity (Wildman–Crippen MR) is 61.8 cm³/mol. The number of carbonyl (C=O) groups is 1. The summed E-state index contributed by atoms with van der Waals surface area (Å²) < 4.78 is 10.2. The molecule has 1 amide bonds. The van der Waals surface area contributed by atoms with Crippen molar-refractivity contribution in [1.82, 2.24) is 0 Å². The molecule has 0 spiro atoms. The minimum Gasteiger partial charge on any atom is -0.497 e. The highest BCUT2D eigenvalue weighted by Crippen LogP contribution is 2.25. The van der Waals surface area contributed by atoms with E-state index in [9.17, 15) is 4.79 Å². The first-order valence-electron chi connectivity index (χ1n) is 4.86. The topological polar surface area (TPSA) is 73.6 Å². The van der Waals surface area contributed by atoms with Gasteiger partial charge in [0.25, 0.3) is 0 Å². The lowest BCUT2D eigenvalue weighted by atomic mass is 10.2. The molecule has 0 aliphatic rings. The fourth-order valence-electron chi connectivity index (χ4n) is 1.14. The van der Waals surface area contributed by atoms with Crippen molar-refractivity contribution in [3.05, 3.63) is 18.2 Å². The number of hydrogen-bond acceptors (Lipinski definition) is 4. The zero-order valence-corrected chi connectivity index (χ0v) is 9.61. The molecule has 0 bridgehead atoms. The number of anilines is 1. The van der Waals surface area contributed by atoms with Crippen LogP contribution in [0.5, 0.6) is 11.5 Å². The van der Waals surface area contributed by atoms with E-state index in [2.05, 4.69) is 5.32 Å². The maximum atomic E-state index is 11.4. The van der Waals surface area contributed by atoms with Crippen LogP contribution in [-0.2, 0) is 4.79 Å². The van der Waals surface area contributed by atoms with Gasteiger partial charge in [0.2, 0.25) is 5.91 Å². The minimum absolute atomic E-state index is 0.254. The van der Waals surface area contributed by atoms with E-state index in [1.165, 1.54) is 0 Å². The molecule has 0 aliphatic heterocycles. The summed E-state index contributed by atoms with van der Waals surface area (Å²) in [6, 6.07) is 4.56. The van der Waals surface area contributed by atoms with E-state index < -0.39 is 6.04 Å². The molecule has 3 N–H and O–H groups in total. The normalized spacial score (nSPS) is 11.8. The van der Waals surface area contributed by atoms with Gasteiger partial charge in [-0.3, -0.25) is 4.79 Å². The SMILES string of the molecule is COc1cc(NC(=O)C(C)N)cc(OC)c1. The molecule has 0 saturated carbocycles. The number of benzene rings is 1. The molecule has 0 saturated heterocycles. The first-order valence-corrected chi connectivity index (χ1v) is 4.86. The Labute approximate surface area is 94.5 Å². The summed E-state index contributed by atoms with van der Waals surface area (Å²) in [5.41, 5.74) is 6.05. The Balaban J connectivity index is 2.91. The number of rotatable bonds is 4. The van der Waals surface area contributed by atoms with Gasteiger partial charge in [0.15, 0.2) is 0 Å². The van der Waals surface area contributed by atoms with Crippen LogP contribution in [0.3, 0.4) is 0 Å². The average Bonchev–Trinajstić information content (AvgIpc) is 2.28. The van der Waals surface area contributed by atoms with E-state index in [1.54, 1.807) is 39.3 Å². The first kappa shape index (κ1) is 12.3. The summed E-state index contributed by atoms with van der Waals surface area (Å²) in [5, 5.41) is 2.67. The van der Waals surface area contributed by atoms with Gasteiger partial charge < -0.3 is 20.5 Å². The van der Waals surface area contributed by atoms with Gasteiger partial charge in [-0.05, 0) is 6.92 Å². The summed E-state index contributed by atoms with van der Waals surface area (Å²) in [7, 11) is 3.10. The van der Waals surface area contributed by atoms with Crippen LogP contribution < -0.4 is 20.5 Å². The van der Waals surface area contributed by atoms with Gasteiger partial charge in [0, 0.05) is 23.9 Å². The van der Waals surface area contributed by atoms with Crippen LogP contribution >= 0.6 is 0 Å². The van der Waals surface area contributed by atoms with Gasteiger partial charge in [0.1, 0.15) is 11.5 Å². The van der Waals surface area contributed by atoms with Crippen LogP contribution in [0.15, 0.2) is 18.2 Å². The number of carbonyl (C=O) groups excluding carboxylic acids is 1. The van der Waals surface area contributed by atoms with Crippen LogP contribution in [0.1, 0.15) is 6.92 Å². The van der Waals surface area contributed by atoms with Crippen LogP contribution in [0.2, 0.25) is 0 Å². The third-order valence-electron chi connectivity index (χ3n) is 2.03. The monoisotopic (exact) mass is 224 g/mol. The van der Waals surface area contributed by atoms with Gasteiger partial charge in [-0.15, -0.1) is 0 Å². The molecule has 0 aromatic heterocycles. The standard InChI is InChI=1S/C11H16N2O3/c1-7(12)11(14)13-8-4-9(15-2)6-10(5-8)16-3/h4-7H,12H2,1-3H3,(H,13,14). The zero-order chi connectivity index (χ0) is 12.1. The lowest BCUT2D eigenvalue weighted by molar-refractivity contribution is -0.117. The van der Waals surface area contributed by atoms with Crippen molar-refractivity contribution in [2.75, 3.05) is 19.5 Å². The molecule has 1 aromatic carbocycles. The minimum atomic E-state index is -0.558. The van der Waals surface area contributed by atoms with Gasteiger partial charge in [-0.1, -0.05) is 0 Å². The lowest BCUT2D eigenvalue weighted by Gasteiger charge is -2.11. The number of nitrogens with two attached hydrogens (primary N) is 1. The molecule has 0 fully saturated rings. The average molecular weight is 224 g/mol. The van der Waals surface area contributed by atoms with Crippen molar-refractivity contribution in [2.45, 2.75) is 13.0 Å². The molecular formula is C11H16N2O3. The van der Waals surface area contributed by atoms with Gasteiger partial charge >= 0.3 is 0 Å². The molecular weight excluding hydrogens is 208 g/mol. The molecule has 1 unspecified atom stereocenters. The Morgan fingerprint density at radius 3 is 2.12 bits per heavy atom. The van der Waals surface area contributed by atoms with Crippen molar-refractivity contribution < 1.29 is 14.3 Å². The summed E-state index contributed by atoms with van der Waals surface area (Å²) in [5.74, 6) is 0.967. The van der Waals surface area contributed by atoms with Crippen molar-refractivity contribution in [1.29, 1.82) is 0 Å². The third-order valence-corrected chi connectivity index (χ3v) is 2.03. The highest BCUT2D eigenvalue weighted by Gasteiger charge is 2.09. The second-order valence-corrected chi connectivity index (χ2v) is 3.38. The largest absolute Gasteiger partial charge is 0.497 e. The number of amides is 1. The van der Waals surface area contributed by atoms with Crippen molar-refractivity contribution in [3.8, 4) is 11.5 Å². The van der Waals surface area contributed by atoms with E-state index in [0.717, 1.165) is 0 Å². The summed E-state index contributed by atoms with van der Waals surface area (Å²) in [6.07, 6.45) is 0. The molecule has 1 rings (SSSR count). The fourth-order valence-corrected chi connectivity index (χ4v) is 1.14. The van der Waals surface area contributed by atoms with Crippen LogP contribution in [0.25, 0.3) is 0 Å². The second kappa shape index (κ2) is 5.37. The zero-order valence-electron chi connectivity index (χ0n) is 9.61. The van der Waals surface area contributed by atoms with Crippen molar-refractivity contribution in [3.63, 3.8) is 0 Å². The maximum absolute atomic E-state index is 11.4.